The topological polar surface area (TPSA) is 138 Å². The molecular formula is C16H19N5O4S. The lowest BCUT2D eigenvalue weighted by Gasteiger charge is -2.16. The van der Waals surface area contributed by atoms with Gasteiger partial charge in [-0.05, 0) is 24.4 Å². The van der Waals surface area contributed by atoms with E-state index in [2.05, 4.69) is 9.98 Å². The summed E-state index contributed by atoms with van der Waals surface area (Å²) in [5, 5.41) is 0. The average Bonchev–Trinajstić information content (AvgIpc) is 2.59. The van der Waals surface area contributed by atoms with Crippen LogP contribution in [0.25, 0.3) is 11.3 Å². The standard InChI is InChI=1S/C16H19N5O4S/c1-24-9-3-4-10(12(7-9)25-2)11-8-14(23)20-16(26)21(11)6-5-13(22)19-15(17)18/h3-4,7-8H,5-6H2,1-2H3,(H,20,23,26)(H4,17,18,19,22). The molecule has 1 aromatic carbocycles. The summed E-state index contributed by atoms with van der Waals surface area (Å²) >= 11 is 5.24. The molecule has 0 spiro atoms. The Morgan fingerprint density at radius 3 is 2.62 bits per heavy atom. The van der Waals surface area contributed by atoms with E-state index in [4.69, 9.17) is 33.2 Å². The lowest BCUT2D eigenvalue weighted by atomic mass is 10.1. The van der Waals surface area contributed by atoms with Crippen molar-refractivity contribution in [2.24, 2.45) is 16.5 Å². The van der Waals surface area contributed by atoms with Gasteiger partial charge in [0.2, 0.25) is 0 Å². The van der Waals surface area contributed by atoms with E-state index in [9.17, 15) is 9.59 Å². The van der Waals surface area contributed by atoms with Crippen LogP contribution in [-0.2, 0) is 11.3 Å². The Hall–Kier alpha value is -3.14. The van der Waals surface area contributed by atoms with Gasteiger partial charge in [0.05, 0.1) is 19.9 Å². The third-order valence-corrected chi connectivity index (χ3v) is 3.84. The number of carbonyl (C=O) groups is 1. The third-order valence-electron chi connectivity index (χ3n) is 3.52. The van der Waals surface area contributed by atoms with Gasteiger partial charge >= 0.3 is 0 Å². The zero-order valence-corrected chi connectivity index (χ0v) is 15.1. The van der Waals surface area contributed by atoms with Crippen molar-refractivity contribution < 1.29 is 14.3 Å². The summed E-state index contributed by atoms with van der Waals surface area (Å²) in [6.45, 7) is 0.176. The fraction of sp³-hybridized carbons (Fsp3) is 0.250. The van der Waals surface area contributed by atoms with Gasteiger partial charge in [-0.15, -0.1) is 0 Å². The summed E-state index contributed by atoms with van der Waals surface area (Å²) in [5.74, 6) is 0.292. The molecular weight excluding hydrogens is 358 g/mol. The fourth-order valence-electron chi connectivity index (χ4n) is 2.38. The largest absolute Gasteiger partial charge is 0.497 e. The van der Waals surface area contributed by atoms with E-state index >= 15 is 0 Å². The van der Waals surface area contributed by atoms with Crippen LogP contribution >= 0.6 is 12.2 Å². The highest BCUT2D eigenvalue weighted by atomic mass is 32.1. The van der Waals surface area contributed by atoms with Crippen LogP contribution in [0.4, 0.5) is 0 Å². The minimum atomic E-state index is -0.495. The Kier molecular flexibility index (Phi) is 6.12. The number of rotatable bonds is 6. The molecule has 1 amide bonds. The molecule has 0 atom stereocenters. The van der Waals surface area contributed by atoms with Gasteiger partial charge in [-0.3, -0.25) is 14.6 Å². The SMILES string of the molecule is COc1ccc(-c2cc(=O)[nH]c(=S)n2CCC(=O)N=C(N)N)c(OC)c1. The van der Waals surface area contributed by atoms with Crippen molar-refractivity contribution in [1.82, 2.24) is 9.55 Å². The average molecular weight is 377 g/mol. The lowest BCUT2D eigenvalue weighted by Crippen LogP contribution is -2.24. The van der Waals surface area contributed by atoms with Crippen LogP contribution in [0.15, 0.2) is 34.1 Å². The Balaban J connectivity index is 2.52. The molecule has 0 radical (unpaired) electrons. The first-order valence-corrected chi connectivity index (χ1v) is 7.95. The van der Waals surface area contributed by atoms with Crippen LogP contribution in [0.5, 0.6) is 11.5 Å². The van der Waals surface area contributed by atoms with Crippen molar-refractivity contribution >= 4 is 24.1 Å². The number of aromatic amines is 1. The first-order chi connectivity index (χ1) is 12.3. The van der Waals surface area contributed by atoms with Gasteiger partial charge in [-0.1, -0.05) is 0 Å². The van der Waals surface area contributed by atoms with E-state index in [1.54, 1.807) is 29.9 Å². The molecule has 0 aliphatic carbocycles. The van der Waals surface area contributed by atoms with Crippen molar-refractivity contribution in [2.75, 3.05) is 14.2 Å². The second kappa shape index (κ2) is 8.30. The summed E-state index contributed by atoms with van der Waals surface area (Å²) in [4.78, 5) is 29.7. The van der Waals surface area contributed by atoms with Crippen molar-refractivity contribution in [3.8, 4) is 22.8 Å². The van der Waals surface area contributed by atoms with E-state index in [1.807, 2.05) is 0 Å². The summed E-state index contributed by atoms with van der Waals surface area (Å²) < 4.78 is 12.4. The Morgan fingerprint density at radius 1 is 1.27 bits per heavy atom. The quantitative estimate of drug-likeness (QED) is 0.384. The van der Waals surface area contributed by atoms with E-state index in [0.29, 0.717) is 22.8 Å². The van der Waals surface area contributed by atoms with Gasteiger partial charge in [-0.25, -0.2) is 0 Å². The minimum Gasteiger partial charge on any atom is -0.497 e. The highest BCUT2D eigenvalue weighted by molar-refractivity contribution is 7.71. The number of nitrogens with two attached hydrogens (primary N) is 2. The number of hydrogen-bond donors (Lipinski definition) is 3. The second-order valence-corrected chi connectivity index (χ2v) is 5.61. The van der Waals surface area contributed by atoms with Gasteiger partial charge in [0, 0.05) is 30.7 Å². The second-order valence-electron chi connectivity index (χ2n) is 5.22. The Labute approximate surface area is 154 Å². The van der Waals surface area contributed by atoms with Gasteiger partial charge in [-0.2, -0.15) is 4.99 Å². The molecule has 9 nitrogen and oxygen atoms in total. The maximum absolute atomic E-state index is 11.9. The molecule has 0 aliphatic heterocycles. The Morgan fingerprint density at radius 2 is 2.00 bits per heavy atom. The number of amides is 1. The number of H-pyrrole nitrogens is 1. The van der Waals surface area contributed by atoms with Gasteiger partial charge < -0.3 is 25.5 Å². The fourth-order valence-corrected chi connectivity index (χ4v) is 2.67. The summed E-state index contributed by atoms with van der Waals surface area (Å²) in [6.07, 6.45) is 0.00369. The molecule has 1 aromatic heterocycles. The zero-order valence-electron chi connectivity index (χ0n) is 14.3. The molecule has 0 bridgehead atoms. The number of ether oxygens (including phenoxy) is 2. The van der Waals surface area contributed by atoms with Crippen LogP contribution in [0, 0.1) is 4.77 Å². The number of nitrogens with one attached hydrogen (secondary N) is 1. The van der Waals surface area contributed by atoms with Crippen molar-refractivity contribution in [3.05, 3.63) is 39.4 Å². The number of aromatic nitrogens is 2. The Bertz CT molecular complexity index is 960. The van der Waals surface area contributed by atoms with Crippen molar-refractivity contribution in [1.29, 1.82) is 0 Å². The van der Waals surface area contributed by atoms with Crippen LogP contribution in [0.1, 0.15) is 6.42 Å². The molecule has 5 N–H and O–H groups in total. The molecule has 26 heavy (non-hydrogen) atoms. The molecule has 2 aromatic rings. The highest BCUT2D eigenvalue weighted by Crippen LogP contribution is 2.32. The molecule has 0 saturated carbocycles. The first kappa shape index (κ1) is 19.2. The number of guanidine groups is 1. The predicted octanol–water partition coefficient (Wildman–Crippen LogP) is 0.780. The van der Waals surface area contributed by atoms with Crippen LogP contribution < -0.4 is 26.5 Å². The molecule has 10 heteroatoms. The maximum atomic E-state index is 11.9. The molecule has 138 valence electrons. The molecule has 0 fully saturated rings. The number of nitrogens with zero attached hydrogens (tertiary/aromatic N) is 2. The monoisotopic (exact) mass is 377 g/mol. The smallest absolute Gasteiger partial charge is 0.252 e. The third kappa shape index (κ3) is 4.48. The summed E-state index contributed by atoms with van der Waals surface area (Å²) in [7, 11) is 3.05. The summed E-state index contributed by atoms with van der Waals surface area (Å²) in [6, 6.07) is 6.55. The van der Waals surface area contributed by atoms with Gasteiger partial charge in [0.1, 0.15) is 11.5 Å². The molecule has 1 heterocycles. The highest BCUT2D eigenvalue weighted by Gasteiger charge is 2.14. The van der Waals surface area contributed by atoms with Crippen molar-refractivity contribution in [3.63, 3.8) is 0 Å². The lowest BCUT2D eigenvalue weighted by molar-refractivity contribution is -0.118. The van der Waals surface area contributed by atoms with Crippen molar-refractivity contribution in [2.45, 2.75) is 13.0 Å². The van der Waals surface area contributed by atoms with E-state index in [0.717, 1.165) is 0 Å². The molecule has 0 saturated heterocycles. The molecule has 0 aliphatic rings. The number of carbonyl (C=O) groups excluding carboxylic acids is 1. The summed E-state index contributed by atoms with van der Waals surface area (Å²) in [5.41, 5.74) is 11.2. The molecule has 0 unspecified atom stereocenters. The number of benzene rings is 1. The van der Waals surface area contributed by atoms with Crippen LogP contribution in [0.2, 0.25) is 0 Å². The normalized spacial score (nSPS) is 10.2. The van der Waals surface area contributed by atoms with Crippen LogP contribution in [-0.4, -0.2) is 35.6 Å². The minimum absolute atomic E-state index is 0.00369. The number of hydrogen-bond acceptors (Lipinski definition) is 5. The van der Waals surface area contributed by atoms with E-state index in [-0.39, 0.29) is 29.3 Å². The number of methoxy groups -OCH3 is 2. The first-order valence-electron chi connectivity index (χ1n) is 7.54. The van der Waals surface area contributed by atoms with E-state index in [1.165, 1.54) is 13.2 Å². The zero-order chi connectivity index (χ0) is 19.3. The number of aliphatic imine (C=N–C) groups is 1. The molecule has 2 rings (SSSR count). The maximum Gasteiger partial charge on any atom is 0.252 e. The van der Waals surface area contributed by atoms with E-state index < -0.39 is 5.91 Å². The predicted molar refractivity (Wildman–Crippen MR) is 99.9 cm³/mol. The van der Waals surface area contributed by atoms with Crippen LogP contribution in [0.3, 0.4) is 0 Å². The van der Waals surface area contributed by atoms with Gasteiger partial charge in [0.25, 0.3) is 11.5 Å². The van der Waals surface area contributed by atoms with Gasteiger partial charge in [0.15, 0.2) is 10.7 Å².